The van der Waals surface area contributed by atoms with Crippen LogP contribution in [0.15, 0.2) is 78.0 Å². The molecule has 7 nitrogen and oxygen atoms in total. The molecule has 0 unspecified atom stereocenters. The number of hydrazine groups is 1. The van der Waals surface area contributed by atoms with Gasteiger partial charge < -0.3 is 20.6 Å². The Morgan fingerprint density at radius 1 is 0.880 bits per heavy atom. The fraction of sp³-hybridized carbons (Fsp3) is 0. The first-order chi connectivity index (χ1) is 12.2. The number of nitrogens with zero attached hydrogens (tertiary/aromatic N) is 4. The third kappa shape index (κ3) is 2.89. The van der Waals surface area contributed by atoms with Gasteiger partial charge in [0.05, 0.1) is 23.3 Å². The lowest BCUT2D eigenvalue weighted by molar-refractivity contribution is 0.884. The van der Waals surface area contributed by atoms with Crippen molar-refractivity contribution in [3.05, 3.63) is 83.5 Å². The van der Waals surface area contributed by atoms with E-state index in [9.17, 15) is 10.4 Å². The van der Waals surface area contributed by atoms with Crippen LogP contribution in [0.4, 0.5) is 17.1 Å². The lowest BCUT2D eigenvalue weighted by Gasteiger charge is -2.46. The summed E-state index contributed by atoms with van der Waals surface area (Å²) in [5.74, 6) is -0.110. The lowest BCUT2D eigenvalue weighted by Crippen LogP contribution is -2.50. The predicted octanol–water partition coefficient (Wildman–Crippen LogP) is 3.56. The van der Waals surface area contributed by atoms with Crippen molar-refractivity contribution in [3.8, 4) is 11.1 Å². The molecule has 0 radical (unpaired) electrons. The number of hydroxylamine groups is 1. The number of hydrogen-bond acceptors (Lipinski definition) is 5. The predicted molar refractivity (Wildman–Crippen MR) is 98.0 cm³/mol. The van der Waals surface area contributed by atoms with Gasteiger partial charge in [0, 0.05) is 6.20 Å². The van der Waals surface area contributed by atoms with E-state index in [0.717, 1.165) is 11.1 Å². The van der Waals surface area contributed by atoms with Gasteiger partial charge in [0.1, 0.15) is 0 Å². The minimum atomic E-state index is -0.110. The van der Waals surface area contributed by atoms with Gasteiger partial charge in [-0.15, -0.1) is 0 Å². The quantitative estimate of drug-likeness (QED) is 0.772. The maximum atomic E-state index is 12.7. The summed E-state index contributed by atoms with van der Waals surface area (Å²) in [6.45, 7) is 0. The Balaban J connectivity index is 1.76. The molecule has 2 heterocycles. The van der Waals surface area contributed by atoms with Crippen LogP contribution in [0.5, 0.6) is 0 Å². The largest absolute Gasteiger partial charge is 0.752 e. The van der Waals surface area contributed by atoms with Crippen molar-refractivity contribution >= 4 is 23.0 Å². The number of nitrogens with one attached hydrogen (secondary N) is 1. The van der Waals surface area contributed by atoms with Crippen LogP contribution in [-0.2, 0) is 0 Å². The van der Waals surface area contributed by atoms with Gasteiger partial charge in [-0.25, -0.2) is 4.99 Å². The van der Waals surface area contributed by atoms with Crippen molar-refractivity contribution in [2.75, 3.05) is 10.2 Å². The molecule has 0 saturated heterocycles. The van der Waals surface area contributed by atoms with E-state index in [1.165, 1.54) is 6.20 Å². The SMILES string of the molecule is [O-]N1NC(=Nc2cccnc2)N([O-])c2cc(-c3ccccc3)ccc21. The Bertz CT molecular complexity index is 915. The zero-order valence-corrected chi connectivity index (χ0v) is 13.0. The fourth-order valence-corrected chi connectivity index (χ4v) is 2.59. The molecule has 7 heteroatoms. The summed E-state index contributed by atoms with van der Waals surface area (Å²) in [6.07, 6.45) is 3.11. The minimum absolute atomic E-state index is 0.110. The molecule has 1 aromatic heterocycles. The van der Waals surface area contributed by atoms with Gasteiger partial charge in [0.25, 0.3) is 0 Å². The van der Waals surface area contributed by atoms with Crippen molar-refractivity contribution in [1.82, 2.24) is 10.4 Å². The van der Waals surface area contributed by atoms with Crippen molar-refractivity contribution in [2.45, 2.75) is 0 Å². The van der Waals surface area contributed by atoms with Gasteiger partial charge >= 0.3 is 0 Å². The highest BCUT2D eigenvalue weighted by atomic mass is 16.6. The molecule has 2 aromatic carbocycles. The second-order valence-corrected chi connectivity index (χ2v) is 5.42. The van der Waals surface area contributed by atoms with Crippen LogP contribution in [0.25, 0.3) is 11.1 Å². The molecule has 0 aliphatic carbocycles. The number of aromatic nitrogens is 1. The number of rotatable bonds is 2. The molecule has 0 atom stereocenters. The molecule has 3 aromatic rings. The molecule has 0 bridgehead atoms. The number of pyridine rings is 1. The molecule has 0 fully saturated rings. The Hall–Kier alpha value is -3.42. The van der Waals surface area contributed by atoms with Crippen molar-refractivity contribution in [1.29, 1.82) is 0 Å². The summed E-state index contributed by atoms with van der Waals surface area (Å²) in [7, 11) is 0. The van der Waals surface area contributed by atoms with E-state index in [-0.39, 0.29) is 17.3 Å². The first kappa shape index (κ1) is 15.1. The smallest absolute Gasteiger partial charge is 0.211 e. The minimum Gasteiger partial charge on any atom is -0.752 e. The Morgan fingerprint density at radius 2 is 1.72 bits per heavy atom. The molecular formula is C18H13N5O2-2. The molecule has 4 rings (SSSR count). The first-order valence-corrected chi connectivity index (χ1v) is 7.62. The average Bonchev–Trinajstić information content (AvgIpc) is 2.67. The molecule has 25 heavy (non-hydrogen) atoms. The highest BCUT2D eigenvalue weighted by Gasteiger charge is 2.18. The van der Waals surface area contributed by atoms with Gasteiger partial charge in [-0.1, -0.05) is 36.4 Å². The Labute approximate surface area is 144 Å². The summed E-state index contributed by atoms with van der Waals surface area (Å²) in [6, 6.07) is 18.1. The van der Waals surface area contributed by atoms with Crippen LogP contribution in [-0.4, -0.2) is 10.9 Å². The summed E-state index contributed by atoms with van der Waals surface area (Å²) in [5, 5.41) is 26.1. The highest BCUT2D eigenvalue weighted by Crippen LogP contribution is 2.35. The van der Waals surface area contributed by atoms with Crippen molar-refractivity contribution < 1.29 is 0 Å². The van der Waals surface area contributed by atoms with Crippen LogP contribution in [0.1, 0.15) is 0 Å². The topological polar surface area (TPSA) is 89.9 Å². The molecule has 1 aliphatic rings. The average molecular weight is 331 g/mol. The number of aliphatic imine (C=N–C) groups is 1. The third-order valence-electron chi connectivity index (χ3n) is 3.79. The van der Waals surface area contributed by atoms with Crippen LogP contribution in [0, 0.1) is 10.4 Å². The van der Waals surface area contributed by atoms with Crippen LogP contribution in [0.3, 0.4) is 0 Å². The van der Waals surface area contributed by atoms with Crippen molar-refractivity contribution in [3.63, 3.8) is 0 Å². The first-order valence-electron chi connectivity index (χ1n) is 7.62. The van der Waals surface area contributed by atoms with E-state index in [4.69, 9.17) is 0 Å². The monoisotopic (exact) mass is 331 g/mol. The van der Waals surface area contributed by atoms with Crippen LogP contribution < -0.4 is 15.7 Å². The third-order valence-corrected chi connectivity index (χ3v) is 3.79. The Kier molecular flexibility index (Phi) is 3.77. The normalized spacial score (nSPS) is 15.0. The summed E-state index contributed by atoms with van der Waals surface area (Å²) >= 11 is 0. The van der Waals surface area contributed by atoms with Crippen LogP contribution >= 0.6 is 0 Å². The maximum Gasteiger partial charge on any atom is 0.211 e. The molecule has 1 aliphatic heterocycles. The molecule has 1 N–H and O–H groups in total. The fourth-order valence-electron chi connectivity index (χ4n) is 2.59. The summed E-state index contributed by atoms with van der Waals surface area (Å²) in [4.78, 5) is 8.11. The van der Waals surface area contributed by atoms with E-state index >= 15 is 0 Å². The number of hydrogen-bond donors (Lipinski definition) is 1. The molecule has 124 valence electrons. The number of benzene rings is 2. The second-order valence-electron chi connectivity index (χ2n) is 5.42. The molecule has 0 saturated carbocycles. The second kappa shape index (κ2) is 6.23. The van der Waals surface area contributed by atoms with Crippen molar-refractivity contribution in [2.24, 2.45) is 4.99 Å². The molecule has 0 spiro atoms. The highest BCUT2D eigenvalue weighted by molar-refractivity contribution is 6.05. The van der Waals surface area contributed by atoms with E-state index in [1.54, 1.807) is 36.5 Å². The summed E-state index contributed by atoms with van der Waals surface area (Å²) in [5.41, 5.74) is 5.19. The number of fused-ring (bicyclic) bond motifs is 1. The van der Waals surface area contributed by atoms with E-state index in [1.807, 2.05) is 30.3 Å². The van der Waals surface area contributed by atoms with Gasteiger partial charge in [-0.05, 0) is 35.4 Å². The zero-order valence-electron chi connectivity index (χ0n) is 13.0. The van der Waals surface area contributed by atoms with Gasteiger partial charge in [0.2, 0.25) is 5.96 Å². The van der Waals surface area contributed by atoms with Gasteiger partial charge in [0.15, 0.2) is 0 Å². The number of guanidine groups is 1. The molecular weight excluding hydrogens is 318 g/mol. The van der Waals surface area contributed by atoms with E-state index in [0.29, 0.717) is 15.9 Å². The Morgan fingerprint density at radius 3 is 2.48 bits per heavy atom. The van der Waals surface area contributed by atoms with Gasteiger partial charge in [-0.3, -0.25) is 10.4 Å². The zero-order chi connectivity index (χ0) is 17.2. The van der Waals surface area contributed by atoms with Gasteiger partial charge in [-0.2, -0.15) is 0 Å². The molecule has 0 amide bonds. The lowest BCUT2D eigenvalue weighted by atomic mass is 10.0. The summed E-state index contributed by atoms with van der Waals surface area (Å²) < 4.78 is 0. The van der Waals surface area contributed by atoms with E-state index < -0.39 is 0 Å². The number of anilines is 2. The van der Waals surface area contributed by atoms with Crippen LogP contribution in [0.2, 0.25) is 0 Å². The maximum absolute atomic E-state index is 12.7. The van der Waals surface area contributed by atoms with E-state index in [2.05, 4.69) is 15.4 Å². The standard InChI is InChI=1S/C18H13N5O2/c24-22-17-11-14(13-5-2-1-3-6-13)8-9-16(17)23(25)21-18(22)20-15-7-4-10-19-12-15/h1-12H,(H,20,21)/q-2.